The fraction of sp³-hybridized carbons (Fsp3) is 0.545. The maximum absolute atomic E-state index is 11.8. The largest absolute Gasteiger partial charge is 0.311 e. The molecule has 0 spiro atoms. The number of nitrogens with one attached hydrogen (secondary N) is 2. The van der Waals surface area contributed by atoms with Gasteiger partial charge in [0.05, 0.1) is 6.54 Å². The molecule has 0 fully saturated rings. The van der Waals surface area contributed by atoms with Gasteiger partial charge in [0.15, 0.2) is 0 Å². The Kier molecular flexibility index (Phi) is 3.53. The number of aryl methyl sites for hydroxylation is 1. The molecule has 2 heterocycles. The first-order chi connectivity index (χ1) is 8.20. The number of fused-ring (bicyclic) bond motifs is 1. The topological polar surface area (TPSA) is 76.0 Å². The number of anilines is 1. The molecule has 6 heteroatoms. The van der Waals surface area contributed by atoms with Crippen LogP contribution in [0.1, 0.15) is 18.7 Å². The summed E-state index contributed by atoms with van der Waals surface area (Å²) in [6.07, 6.45) is 2.85. The van der Waals surface area contributed by atoms with Crippen LogP contribution >= 0.6 is 0 Å². The van der Waals surface area contributed by atoms with Crippen LogP contribution in [-0.4, -0.2) is 29.1 Å². The maximum atomic E-state index is 11.8. The average Bonchev–Trinajstić information content (AvgIpc) is 2.29. The van der Waals surface area contributed by atoms with E-state index in [9.17, 15) is 9.59 Å². The smallest absolute Gasteiger partial charge is 0.255 e. The fourth-order valence-corrected chi connectivity index (χ4v) is 1.95. The maximum Gasteiger partial charge on any atom is 0.255 e. The van der Waals surface area contributed by atoms with E-state index >= 15 is 0 Å². The van der Waals surface area contributed by atoms with E-state index in [0.717, 1.165) is 31.6 Å². The van der Waals surface area contributed by atoms with Crippen molar-refractivity contribution in [3.8, 4) is 0 Å². The first-order valence-corrected chi connectivity index (χ1v) is 5.76. The number of aromatic nitrogens is 2. The number of hydrogen-bond acceptors (Lipinski definition) is 4. The van der Waals surface area contributed by atoms with Gasteiger partial charge in [-0.2, -0.15) is 0 Å². The molecular weight excluding hydrogens is 220 g/mol. The van der Waals surface area contributed by atoms with E-state index in [-0.39, 0.29) is 18.0 Å². The second-order valence-corrected chi connectivity index (χ2v) is 4.08. The van der Waals surface area contributed by atoms with Crippen molar-refractivity contribution in [3.63, 3.8) is 0 Å². The summed E-state index contributed by atoms with van der Waals surface area (Å²) < 4.78 is 1.68. The Bertz CT molecular complexity index is 481. The van der Waals surface area contributed by atoms with Crippen LogP contribution in [0.25, 0.3) is 0 Å². The van der Waals surface area contributed by atoms with Crippen LogP contribution in [0.3, 0.4) is 0 Å². The first-order valence-electron chi connectivity index (χ1n) is 5.76. The zero-order valence-electron chi connectivity index (χ0n) is 9.82. The van der Waals surface area contributed by atoms with E-state index < -0.39 is 0 Å². The second-order valence-electron chi connectivity index (χ2n) is 4.08. The summed E-state index contributed by atoms with van der Waals surface area (Å²) in [6.45, 7) is 0.937. The lowest BCUT2D eigenvalue weighted by molar-refractivity contribution is -0.115. The first kappa shape index (κ1) is 11.8. The lowest BCUT2D eigenvalue weighted by Crippen LogP contribution is -2.30. The highest BCUT2D eigenvalue weighted by Crippen LogP contribution is 2.11. The number of carbonyl (C=O) groups is 1. The molecular formula is C11H16N4O2. The molecule has 0 saturated carbocycles. The molecule has 0 saturated heterocycles. The van der Waals surface area contributed by atoms with Crippen LogP contribution in [0.4, 0.5) is 5.82 Å². The van der Waals surface area contributed by atoms with Gasteiger partial charge < -0.3 is 10.6 Å². The number of likely N-dealkylation sites (N-methyl/N-ethyl adjacent to an activating group) is 1. The number of hydrogen-bond donors (Lipinski definition) is 2. The third-order valence-electron chi connectivity index (χ3n) is 2.72. The Morgan fingerprint density at radius 1 is 1.53 bits per heavy atom. The van der Waals surface area contributed by atoms with Gasteiger partial charge in [-0.05, 0) is 19.9 Å². The molecule has 0 atom stereocenters. The van der Waals surface area contributed by atoms with Crippen LogP contribution in [0.5, 0.6) is 0 Å². The van der Waals surface area contributed by atoms with Crippen molar-refractivity contribution in [1.82, 2.24) is 14.9 Å². The van der Waals surface area contributed by atoms with Crippen molar-refractivity contribution in [3.05, 3.63) is 22.2 Å². The molecule has 0 aliphatic carbocycles. The molecule has 1 aliphatic heterocycles. The summed E-state index contributed by atoms with van der Waals surface area (Å²) in [6, 6.07) is 1.38. The van der Waals surface area contributed by atoms with Crippen molar-refractivity contribution in [2.75, 3.05) is 18.9 Å². The van der Waals surface area contributed by atoms with Gasteiger partial charge in [0.25, 0.3) is 5.56 Å². The van der Waals surface area contributed by atoms with E-state index in [4.69, 9.17) is 0 Å². The van der Waals surface area contributed by atoms with Gasteiger partial charge in [0, 0.05) is 19.0 Å². The Balaban J connectivity index is 2.22. The minimum atomic E-state index is -0.194. The Labute approximate surface area is 99.1 Å². The number of rotatable bonds is 3. The highest BCUT2D eigenvalue weighted by atomic mass is 16.2. The highest BCUT2D eigenvalue weighted by Gasteiger charge is 2.13. The Morgan fingerprint density at radius 2 is 2.35 bits per heavy atom. The molecule has 2 rings (SSSR count). The van der Waals surface area contributed by atoms with Gasteiger partial charge in [0.2, 0.25) is 5.91 Å². The molecule has 0 bridgehead atoms. The van der Waals surface area contributed by atoms with Gasteiger partial charge in [-0.1, -0.05) is 0 Å². The Hall–Kier alpha value is -1.69. The van der Waals surface area contributed by atoms with Crippen LogP contribution < -0.4 is 16.2 Å². The second kappa shape index (κ2) is 5.09. The van der Waals surface area contributed by atoms with E-state index in [1.165, 1.54) is 6.07 Å². The summed E-state index contributed by atoms with van der Waals surface area (Å²) in [7, 11) is 1.69. The van der Waals surface area contributed by atoms with Crippen molar-refractivity contribution >= 4 is 11.7 Å². The summed E-state index contributed by atoms with van der Waals surface area (Å²) in [5.74, 6) is 0.923. The third kappa shape index (κ3) is 2.71. The van der Waals surface area contributed by atoms with E-state index in [1.54, 1.807) is 11.6 Å². The SMILES string of the molecule is CNCC(=O)Nc1cc(=O)n2c(n1)CCCC2. The predicted molar refractivity (Wildman–Crippen MR) is 64.0 cm³/mol. The molecule has 0 aromatic carbocycles. The van der Waals surface area contributed by atoms with E-state index in [0.29, 0.717) is 5.82 Å². The summed E-state index contributed by atoms with van der Waals surface area (Å²) in [5, 5.41) is 5.35. The standard InChI is InChI=1S/C11H16N4O2/c1-12-7-10(16)14-8-6-11(17)15-5-3-2-4-9(15)13-8/h6,12H,2-5,7H2,1H3,(H,14,16). The molecule has 1 aliphatic rings. The quantitative estimate of drug-likeness (QED) is 0.758. The zero-order chi connectivity index (χ0) is 12.3. The minimum Gasteiger partial charge on any atom is -0.311 e. The van der Waals surface area contributed by atoms with E-state index in [2.05, 4.69) is 15.6 Å². The van der Waals surface area contributed by atoms with Gasteiger partial charge in [-0.25, -0.2) is 4.98 Å². The van der Waals surface area contributed by atoms with Crippen molar-refractivity contribution in [2.24, 2.45) is 0 Å². The van der Waals surface area contributed by atoms with Crippen molar-refractivity contribution < 1.29 is 4.79 Å². The molecule has 0 unspecified atom stereocenters. The van der Waals surface area contributed by atoms with Crippen molar-refractivity contribution in [1.29, 1.82) is 0 Å². The molecule has 6 nitrogen and oxygen atoms in total. The lowest BCUT2D eigenvalue weighted by Gasteiger charge is -2.17. The molecule has 0 radical (unpaired) electrons. The van der Waals surface area contributed by atoms with Gasteiger partial charge in [0.1, 0.15) is 11.6 Å². The van der Waals surface area contributed by atoms with E-state index in [1.807, 2.05) is 0 Å². The average molecular weight is 236 g/mol. The lowest BCUT2D eigenvalue weighted by atomic mass is 10.1. The monoisotopic (exact) mass is 236 g/mol. The summed E-state index contributed by atoms with van der Waals surface area (Å²) in [5.41, 5.74) is -0.0885. The zero-order valence-corrected chi connectivity index (χ0v) is 9.82. The molecule has 92 valence electrons. The van der Waals surface area contributed by atoms with Crippen LogP contribution in [-0.2, 0) is 17.8 Å². The molecule has 1 aromatic rings. The number of amides is 1. The summed E-state index contributed by atoms with van der Waals surface area (Å²) >= 11 is 0. The molecule has 2 N–H and O–H groups in total. The van der Waals surface area contributed by atoms with Crippen LogP contribution in [0.15, 0.2) is 10.9 Å². The van der Waals surface area contributed by atoms with Crippen LogP contribution in [0, 0.1) is 0 Å². The predicted octanol–water partition coefficient (Wildman–Crippen LogP) is -0.262. The molecule has 17 heavy (non-hydrogen) atoms. The highest BCUT2D eigenvalue weighted by molar-refractivity contribution is 5.91. The third-order valence-corrected chi connectivity index (χ3v) is 2.72. The number of carbonyl (C=O) groups excluding carboxylic acids is 1. The molecule has 1 amide bonds. The fourth-order valence-electron chi connectivity index (χ4n) is 1.95. The number of nitrogens with zero attached hydrogens (tertiary/aromatic N) is 2. The van der Waals surface area contributed by atoms with Gasteiger partial charge >= 0.3 is 0 Å². The summed E-state index contributed by atoms with van der Waals surface area (Å²) in [4.78, 5) is 27.4. The minimum absolute atomic E-state index is 0.0885. The van der Waals surface area contributed by atoms with Crippen molar-refractivity contribution in [2.45, 2.75) is 25.8 Å². The normalized spacial score (nSPS) is 14.2. The van der Waals surface area contributed by atoms with Gasteiger partial charge in [-0.3, -0.25) is 14.2 Å². The van der Waals surface area contributed by atoms with Crippen LogP contribution in [0.2, 0.25) is 0 Å². The Morgan fingerprint density at radius 3 is 3.12 bits per heavy atom. The van der Waals surface area contributed by atoms with Gasteiger partial charge in [-0.15, -0.1) is 0 Å². The molecule has 1 aromatic heterocycles.